The zero-order valence-electron chi connectivity index (χ0n) is 59.8. The Morgan fingerprint density at radius 3 is 0.860 bits per heavy atom. The van der Waals surface area contributed by atoms with Crippen LogP contribution in [0, 0.1) is 0 Å². The first kappa shape index (κ1) is 87.4. The van der Waals surface area contributed by atoms with E-state index in [-0.39, 0.29) is 38.6 Å². The Morgan fingerprint density at radius 2 is 0.581 bits per heavy atom. The number of likely N-dealkylation sites (N-methyl/N-ethyl adjacent to an activating group) is 1. The number of rotatable bonds is 66. The number of carboxylic acid groups (broad SMARTS) is 1. The molecule has 0 aromatic heterocycles. The van der Waals surface area contributed by atoms with Crippen LogP contribution in [-0.4, -0.2) is 82.3 Å². The number of hydrogen-bond acceptors (Lipinski definition) is 8. The zero-order chi connectivity index (χ0) is 67.5. The Morgan fingerprint density at radius 1 is 0.323 bits per heavy atom. The van der Waals surface area contributed by atoms with Crippen LogP contribution >= 0.6 is 0 Å². The molecule has 0 radical (unpaired) electrons. The number of aliphatic carboxylic acids is 1. The summed E-state index contributed by atoms with van der Waals surface area (Å²) >= 11 is 0. The molecule has 0 aliphatic heterocycles. The summed E-state index contributed by atoms with van der Waals surface area (Å²) in [5.74, 6) is -2.31. The second-order valence-electron chi connectivity index (χ2n) is 25.1. The van der Waals surface area contributed by atoms with Crippen molar-refractivity contribution in [3.05, 3.63) is 182 Å². The first-order valence-corrected chi connectivity index (χ1v) is 36.9. The molecule has 2 unspecified atom stereocenters. The van der Waals surface area contributed by atoms with E-state index in [1.807, 2.05) is 21.1 Å². The van der Waals surface area contributed by atoms with Crippen LogP contribution in [0.5, 0.6) is 0 Å². The summed E-state index contributed by atoms with van der Waals surface area (Å²) in [6.45, 7) is 4.50. The second-order valence-corrected chi connectivity index (χ2v) is 25.1. The van der Waals surface area contributed by atoms with Crippen molar-refractivity contribution in [2.45, 2.75) is 283 Å². The van der Waals surface area contributed by atoms with E-state index in [1.54, 1.807) is 0 Å². The van der Waals surface area contributed by atoms with Gasteiger partial charge in [-0.15, -0.1) is 0 Å². The summed E-state index contributed by atoms with van der Waals surface area (Å²) in [5.41, 5.74) is 0. The van der Waals surface area contributed by atoms with Crippen LogP contribution in [0.2, 0.25) is 0 Å². The van der Waals surface area contributed by atoms with E-state index < -0.39 is 24.3 Å². The Balaban J connectivity index is 4.14. The van der Waals surface area contributed by atoms with Crippen LogP contribution in [0.15, 0.2) is 182 Å². The summed E-state index contributed by atoms with van der Waals surface area (Å²) < 4.78 is 22.8. The van der Waals surface area contributed by atoms with Crippen molar-refractivity contribution < 1.29 is 42.9 Å². The third kappa shape index (κ3) is 73.7. The van der Waals surface area contributed by atoms with Gasteiger partial charge in [0.15, 0.2) is 12.4 Å². The van der Waals surface area contributed by atoms with Gasteiger partial charge in [-0.1, -0.05) is 305 Å². The smallest absolute Gasteiger partial charge is 0.306 e. The molecule has 9 heteroatoms. The fourth-order valence-electron chi connectivity index (χ4n) is 9.59. The van der Waals surface area contributed by atoms with E-state index in [2.05, 4.69) is 196 Å². The average Bonchev–Trinajstić information content (AvgIpc) is 3.38. The van der Waals surface area contributed by atoms with Gasteiger partial charge in [-0.25, -0.2) is 0 Å². The molecule has 0 aromatic carbocycles. The van der Waals surface area contributed by atoms with Crippen LogP contribution in [0.3, 0.4) is 0 Å². The van der Waals surface area contributed by atoms with Gasteiger partial charge in [-0.3, -0.25) is 9.59 Å². The van der Waals surface area contributed by atoms with Crippen LogP contribution in [0.1, 0.15) is 271 Å². The van der Waals surface area contributed by atoms with Crippen molar-refractivity contribution in [2.75, 3.05) is 47.5 Å². The Bertz CT molecular complexity index is 2190. The highest BCUT2D eigenvalue weighted by atomic mass is 16.7. The highest BCUT2D eigenvalue weighted by Crippen LogP contribution is 2.16. The molecule has 2 atom stereocenters. The number of carbonyl (C=O) groups excluding carboxylic acids is 3. The molecule has 0 saturated carbocycles. The molecule has 0 fully saturated rings. The number of ether oxygens (including phenoxy) is 4. The third-order valence-electron chi connectivity index (χ3n) is 15.1. The van der Waals surface area contributed by atoms with Gasteiger partial charge in [0.25, 0.3) is 0 Å². The fraction of sp³-hybridized carbons (Fsp3) is 0.607. The summed E-state index contributed by atoms with van der Waals surface area (Å²) in [4.78, 5) is 37.5. The highest BCUT2D eigenvalue weighted by molar-refractivity contribution is 5.70. The number of hydrogen-bond donors (Lipinski definition) is 0. The van der Waals surface area contributed by atoms with Crippen molar-refractivity contribution in [1.82, 2.24) is 0 Å². The number of allylic oxidation sites excluding steroid dienone is 30. The molecule has 0 N–H and O–H groups in total. The van der Waals surface area contributed by atoms with E-state index in [9.17, 15) is 19.5 Å². The van der Waals surface area contributed by atoms with Gasteiger partial charge in [0.2, 0.25) is 0 Å². The molecule has 0 spiro atoms. The summed E-state index contributed by atoms with van der Waals surface area (Å²) in [6.07, 6.45) is 107. The quantitative estimate of drug-likeness (QED) is 0.0195. The van der Waals surface area contributed by atoms with Crippen LogP contribution in [0.4, 0.5) is 0 Å². The minimum absolute atomic E-state index is 0.137. The minimum atomic E-state index is -1.64. The molecule has 93 heavy (non-hydrogen) atoms. The van der Waals surface area contributed by atoms with E-state index in [4.69, 9.17) is 18.9 Å². The summed E-state index contributed by atoms with van der Waals surface area (Å²) in [5, 5.41) is 11.8. The number of carboxylic acids is 1. The van der Waals surface area contributed by atoms with Crippen molar-refractivity contribution in [3.63, 3.8) is 0 Å². The number of quaternary nitrogens is 1. The number of unbranched alkanes of at least 4 members (excludes halogenated alkanes) is 21. The molecule has 524 valence electrons. The second kappa shape index (κ2) is 72.2. The number of esters is 2. The predicted octanol–water partition coefficient (Wildman–Crippen LogP) is 22.2. The van der Waals surface area contributed by atoms with Crippen molar-refractivity contribution in [2.24, 2.45) is 0 Å². The minimum Gasteiger partial charge on any atom is -0.545 e. The molecule has 0 aliphatic carbocycles. The Kier molecular flexibility index (Phi) is 67.9. The third-order valence-corrected chi connectivity index (χ3v) is 15.1. The van der Waals surface area contributed by atoms with E-state index in [0.29, 0.717) is 17.4 Å². The van der Waals surface area contributed by atoms with Gasteiger partial charge in [-0.2, -0.15) is 0 Å². The summed E-state index contributed by atoms with van der Waals surface area (Å²) in [7, 11) is 5.92. The molecule has 0 aromatic rings. The normalized spacial score (nSPS) is 13.8. The standard InChI is InChI=1S/C84H135NO8/c1-6-8-10-12-14-16-18-20-22-24-26-28-30-32-34-35-36-37-38-39-40-41-42-43-44-45-46-47-49-51-53-55-57-59-61-63-65-67-69-71-73-75-82(87)93-80(79-92-84(83(88)89)90-77-76-85(3,4)5)78-91-81(86)74-72-70-68-66-64-62-60-58-56-54-52-50-48-33-31-29-27-25-23-21-19-17-15-13-11-9-7-2/h8-11,14-17,20-23,26-29,32-34,36-37,39-40,42-43,45-46,48,52,54,80,84H,6-7,12-13,18-19,24-25,30-31,35,38,41,44,47,49-51,53,55-79H2,1-5H3/b10-8-,11-9-,16-14-,17-15-,22-20-,23-21-,28-26-,29-27-,34-32-,37-36-,40-39-,43-42-,46-45-,48-33-,54-52-. The largest absolute Gasteiger partial charge is 0.545 e. The monoisotopic (exact) mass is 1290 g/mol. The van der Waals surface area contributed by atoms with Gasteiger partial charge in [0.05, 0.1) is 40.3 Å². The van der Waals surface area contributed by atoms with Crippen LogP contribution < -0.4 is 5.11 Å². The van der Waals surface area contributed by atoms with Gasteiger partial charge in [0.1, 0.15) is 13.2 Å². The Hall–Kier alpha value is -5.61. The molecule has 0 bridgehead atoms. The van der Waals surface area contributed by atoms with Crippen molar-refractivity contribution in [1.29, 1.82) is 0 Å². The van der Waals surface area contributed by atoms with Crippen LogP contribution in [0.25, 0.3) is 0 Å². The van der Waals surface area contributed by atoms with E-state index in [1.165, 1.54) is 89.9 Å². The maximum Gasteiger partial charge on any atom is 0.306 e. The lowest BCUT2D eigenvalue weighted by molar-refractivity contribution is -0.870. The first-order chi connectivity index (χ1) is 45.6. The molecule has 0 rings (SSSR count). The maximum atomic E-state index is 13.0. The lowest BCUT2D eigenvalue weighted by Gasteiger charge is -2.26. The molecule has 0 heterocycles. The maximum absolute atomic E-state index is 13.0. The Labute approximate surface area is 570 Å². The zero-order valence-corrected chi connectivity index (χ0v) is 59.8. The van der Waals surface area contributed by atoms with Gasteiger partial charge >= 0.3 is 11.9 Å². The van der Waals surface area contributed by atoms with Crippen LogP contribution in [-0.2, 0) is 33.3 Å². The average molecular weight is 1290 g/mol. The SMILES string of the molecule is CC/C=C\C/C=C\C/C=C\C/C=C\C/C=C\C/C=C\C/C=C\C/C=C\C/C=C\CCCCCCCCCCCCCCCC(=O)OC(COC(=O)CCCCCCCCCC/C=C\C/C=C\C/C=C\C/C=C\C/C=C\C/C=C\CC)COC(OCC[N+](C)(C)C)C(=O)[O-]. The molecule has 0 amide bonds. The highest BCUT2D eigenvalue weighted by Gasteiger charge is 2.22. The number of carbonyl (C=O) groups is 3. The molecule has 0 aliphatic rings. The lowest BCUT2D eigenvalue weighted by Crippen LogP contribution is -2.44. The fourth-order valence-corrected chi connectivity index (χ4v) is 9.59. The lowest BCUT2D eigenvalue weighted by atomic mass is 10.0. The van der Waals surface area contributed by atoms with E-state index >= 15 is 0 Å². The van der Waals surface area contributed by atoms with Gasteiger partial charge in [0, 0.05) is 12.8 Å². The van der Waals surface area contributed by atoms with E-state index in [0.717, 1.165) is 148 Å². The van der Waals surface area contributed by atoms with Gasteiger partial charge < -0.3 is 33.3 Å². The number of nitrogens with zero attached hydrogens (tertiary/aromatic N) is 1. The summed E-state index contributed by atoms with van der Waals surface area (Å²) in [6, 6.07) is 0. The molecule has 9 nitrogen and oxygen atoms in total. The van der Waals surface area contributed by atoms with Crippen molar-refractivity contribution in [3.8, 4) is 0 Å². The first-order valence-electron chi connectivity index (χ1n) is 36.9. The molecule has 0 saturated heterocycles. The van der Waals surface area contributed by atoms with Crippen molar-refractivity contribution >= 4 is 17.9 Å². The molecular weight excluding hydrogens is 1150 g/mol. The molecular formula is C84H135NO8. The predicted molar refractivity (Wildman–Crippen MR) is 398 cm³/mol. The van der Waals surface area contributed by atoms with Gasteiger partial charge in [-0.05, 0) is 135 Å². The topological polar surface area (TPSA) is 111 Å².